The zero-order chi connectivity index (χ0) is 18.5. The minimum absolute atomic E-state index is 0.228. The van der Waals surface area contributed by atoms with Gasteiger partial charge in [-0.1, -0.05) is 36.4 Å². The Hall–Kier alpha value is -3.61. The molecule has 2 aromatic carbocycles. The third-order valence-corrected chi connectivity index (χ3v) is 3.74. The van der Waals surface area contributed by atoms with E-state index in [0.29, 0.717) is 22.8 Å². The van der Waals surface area contributed by atoms with Gasteiger partial charge in [0.05, 0.1) is 5.69 Å². The van der Waals surface area contributed by atoms with Gasteiger partial charge in [-0.15, -0.1) is 0 Å². The van der Waals surface area contributed by atoms with E-state index in [4.69, 9.17) is 4.74 Å². The third-order valence-electron chi connectivity index (χ3n) is 3.74. The number of hydrogen-bond acceptors (Lipinski definition) is 4. The Morgan fingerprint density at radius 2 is 1.62 bits per heavy atom. The summed E-state index contributed by atoms with van der Waals surface area (Å²) in [7, 11) is 1.53. The predicted molar refractivity (Wildman–Crippen MR) is 97.8 cm³/mol. The molecule has 0 saturated carbocycles. The number of amides is 2. The molecule has 0 spiro atoms. The molecule has 7 heteroatoms. The van der Waals surface area contributed by atoms with Crippen molar-refractivity contribution in [3.63, 3.8) is 0 Å². The lowest BCUT2D eigenvalue weighted by Gasteiger charge is -2.10. The molecule has 0 aliphatic rings. The van der Waals surface area contributed by atoms with Crippen LogP contribution in [0, 0.1) is 6.92 Å². The van der Waals surface area contributed by atoms with E-state index >= 15 is 0 Å². The first-order chi connectivity index (χ1) is 12.6. The van der Waals surface area contributed by atoms with Gasteiger partial charge in [0.25, 0.3) is 5.91 Å². The van der Waals surface area contributed by atoms with E-state index in [0.717, 1.165) is 0 Å². The molecule has 0 saturated heterocycles. The average molecular weight is 350 g/mol. The average Bonchev–Trinajstić information content (AvgIpc) is 2.99. The maximum atomic E-state index is 12.3. The van der Waals surface area contributed by atoms with E-state index in [9.17, 15) is 9.59 Å². The summed E-state index contributed by atoms with van der Waals surface area (Å²) >= 11 is 0. The van der Waals surface area contributed by atoms with Crippen molar-refractivity contribution >= 4 is 17.8 Å². The molecule has 26 heavy (non-hydrogen) atoms. The normalized spacial score (nSPS) is 10.2. The first-order valence-electron chi connectivity index (χ1n) is 8.01. The molecule has 132 valence electrons. The van der Waals surface area contributed by atoms with Crippen LogP contribution >= 0.6 is 0 Å². The fourth-order valence-electron chi connectivity index (χ4n) is 2.45. The van der Waals surface area contributed by atoms with Crippen molar-refractivity contribution in [3.05, 3.63) is 71.9 Å². The topological polar surface area (TPSA) is 85.3 Å². The molecule has 0 bridgehead atoms. The molecule has 1 aromatic heterocycles. The number of rotatable bonds is 4. The number of hydrogen-bond donors (Lipinski definition) is 2. The van der Waals surface area contributed by atoms with Crippen LogP contribution in [0.4, 0.5) is 10.6 Å². The summed E-state index contributed by atoms with van der Waals surface area (Å²) in [5.74, 6) is 0.451. The highest BCUT2D eigenvalue weighted by Crippen LogP contribution is 2.24. The minimum atomic E-state index is -0.667. The lowest BCUT2D eigenvalue weighted by atomic mass is 10.2. The molecule has 3 aromatic rings. The minimum Gasteiger partial charge on any atom is -0.410 e. The van der Waals surface area contributed by atoms with E-state index < -0.39 is 6.09 Å². The number of nitrogens with zero attached hydrogens (tertiary/aromatic N) is 2. The molecular formula is C19H18N4O3. The second kappa shape index (κ2) is 7.52. The highest BCUT2D eigenvalue weighted by molar-refractivity contribution is 5.96. The Labute approximate surface area is 150 Å². The van der Waals surface area contributed by atoms with Gasteiger partial charge in [-0.2, -0.15) is 5.10 Å². The van der Waals surface area contributed by atoms with Crippen LogP contribution in [0.1, 0.15) is 16.1 Å². The number of carbonyl (C=O) groups excluding carboxylic acids is 2. The van der Waals surface area contributed by atoms with Crippen molar-refractivity contribution in [2.75, 3.05) is 12.4 Å². The summed E-state index contributed by atoms with van der Waals surface area (Å²) < 4.78 is 6.77. The molecule has 2 amide bonds. The Balaban J connectivity index is 1.95. The number of benzene rings is 2. The lowest BCUT2D eigenvalue weighted by Crippen LogP contribution is -2.20. The molecule has 2 N–H and O–H groups in total. The lowest BCUT2D eigenvalue weighted by molar-refractivity contribution is 0.0957. The fourth-order valence-corrected chi connectivity index (χ4v) is 2.45. The highest BCUT2D eigenvalue weighted by atomic mass is 16.6. The summed E-state index contributed by atoms with van der Waals surface area (Å²) in [5.41, 5.74) is 1.48. The Bertz CT molecular complexity index is 921. The molecule has 3 rings (SSSR count). The molecule has 1 heterocycles. The Morgan fingerprint density at radius 3 is 2.23 bits per heavy atom. The summed E-state index contributed by atoms with van der Waals surface area (Å²) in [6.45, 7) is 1.72. The SMILES string of the molecule is CNC(=O)c1nn(-c2ccccc2)c(NC(=O)Oc2ccccc2)c1C. The van der Waals surface area contributed by atoms with Crippen LogP contribution < -0.4 is 15.4 Å². The Kier molecular flexibility index (Phi) is 4.98. The number of carbonyl (C=O) groups is 2. The zero-order valence-corrected chi connectivity index (χ0v) is 14.4. The van der Waals surface area contributed by atoms with Gasteiger partial charge in [0.2, 0.25) is 0 Å². The molecular weight excluding hydrogens is 332 g/mol. The summed E-state index contributed by atoms with van der Waals surface area (Å²) in [5, 5.41) is 9.58. The van der Waals surface area contributed by atoms with Crippen molar-refractivity contribution in [1.82, 2.24) is 15.1 Å². The van der Waals surface area contributed by atoms with Gasteiger partial charge in [0.1, 0.15) is 11.6 Å². The molecule has 0 radical (unpaired) electrons. The predicted octanol–water partition coefficient (Wildman–Crippen LogP) is 3.15. The van der Waals surface area contributed by atoms with Crippen LogP contribution in [0.25, 0.3) is 5.69 Å². The van der Waals surface area contributed by atoms with E-state index in [1.807, 2.05) is 36.4 Å². The maximum Gasteiger partial charge on any atom is 0.418 e. The van der Waals surface area contributed by atoms with Gasteiger partial charge in [0.15, 0.2) is 5.69 Å². The van der Waals surface area contributed by atoms with Crippen LogP contribution in [0.2, 0.25) is 0 Å². The molecule has 0 unspecified atom stereocenters. The zero-order valence-electron chi connectivity index (χ0n) is 14.4. The Morgan fingerprint density at radius 1 is 1.00 bits per heavy atom. The second-order valence-electron chi connectivity index (χ2n) is 5.48. The smallest absolute Gasteiger partial charge is 0.410 e. The van der Waals surface area contributed by atoms with E-state index in [-0.39, 0.29) is 11.6 Å². The van der Waals surface area contributed by atoms with Crippen molar-refractivity contribution in [2.24, 2.45) is 0 Å². The van der Waals surface area contributed by atoms with Crippen LogP contribution in [0.5, 0.6) is 5.75 Å². The van der Waals surface area contributed by atoms with Crippen LogP contribution in [-0.4, -0.2) is 28.8 Å². The van der Waals surface area contributed by atoms with Crippen molar-refractivity contribution in [2.45, 2.75) is 6.92 Å². The van der Waals surface area contributed by atoms with Gasteiger partial charge in [-0.3, -0.25) is 10.1 Å². The van der Waals surface area contributed by atoms with Gasteiger partial charge in [0, 0.05) is 12.6 Å². The monoisotopic (exact) mass is 350 g/mol. The summed E-state index contributed by atoms with van der Waals surface area (Å²) in [4.78, 5) is 24.4. The van der Waals surface area contributed by atoms with Gasteiger partial charge in [-0.05, 0) is 31.2 Å². The summed E-state index contributed by atoms with van der Waals surface area (Å²) in [6.07, 6.45) is -0.667. The third kappa shape index (κ3) is 3.56. The first-order valence-corrected chi connectivity index (χ1v) is 8.01. The second-order valence-corrected chi connectivity index (χ2v) is 5.48. The summed E-state index contributed by atoms with van der Waals surface area (Å²) in [6, 6.07) is 17.9. The highest BCUT2D eigenvalue weighted by Gasteiger charge is 2.22. The number of para-hydroxylation sites is 2. The quantitative estimate of drug-likeness (QED) is 0.757. The van der Waals surface area contributed by atoms with Crippen LogP contribution in [-0.2, 0) is 0 Å². The van der Waals surface area contributed by atoms with Gasteiger partial charge >= 0.3 is 6.09 Å². The molecule has 7 nitrogen and oxygen atoms in total. The number of ether oxygens (including phenoxy) is 1. The first kappa shape index (κ1) is 17.2. The molecule has 0 atom stereocenters. The van der Waals surface area contributed by atoms with Crippen molar-refractivity contribution in [3.8, 4) is 11.4 Å². The van der Waals surface area contributed by atoms with Crippen LogP contribution in [0.15, 0.2) is 60.7 Å². The van der Waals surface area contributed by atoms with Gasteiger partial charge < -0.3 is 10.1 Å². The van der Waals surface area contributed by atoms with Crippen LogP contribution in [0.3, 0.4) is 0 Å². The van der Waals surface area contributed by atoms with Crippen molar-refractivity contribution in [1.29, 1.82) is 0 Å². The maximum absolute atomic E-state index is 12.3. The largest absolute Gasteiger partial charge is 0.418 e. The van der Waals surface area contributed by atoms with Crippen molar-refractivity contribution < 1.29 is 14.3 Å². The number of aromatic nitrogens is 2. The van der Waals surface area contributed by atoms with E-state index in [1.165, 1.54) is 11.7 Å². The number of nitrogens with one attached hydrogen (secondary N) is 2. The molecule has 0 aliphatic heterocycles. The van der Waals surface area contributed by atoms with E-state index in [2.05, 4.69) is 15.7 Å². The molecule has 0 aliphatic carbocycles. The number of anilines is 1. The van der Waals surface area contributed by atoms with Gasteiger partial charge in [-0.25, -0.2) is 9.48 Å². The van der Waals surface area contributed by atoms with E-state index in [1.54, 1.807) is 31.2 Å². The standard InChI is InChI=1S/C19H18N4O3/c1-13-16(18(24)20-2)22-23(14-9-5-3-6-10-14)17(13)21-19(25)26-15-11-7-4-8-12-15/h3-12H,1-2H3,(H,20,24)(H,21,25). The molecule has 0 fully saturated rings. The fraction of sp³-hybridized carbons (Fsp3) is 0.105.